The van der Waals surface area contributed by atoms with Crippen molar-refractivity contribution in [1.82, 2.24) is 9.55 Å². The predicted molar refractivity (Wildman–Crippen MR) is 85.2 cm³/mol. The van der Waals surface area contributed by atoms with Crippen molar-refractivity contribution in [2.45, 2.75) is 31.7 Å². The highest BCUT2D eigenvalue weighted by Gasteiger charge is 2.25. The Morgan fingerprint density at radius 3 is 2.90 bits per heavy atom. The molecular weight excluding hydrogens is 340 g/mol. The van der Waals surface area contributed by atoms with Crippen LogP contribution in [0.2, 0.25) is 0 Å². The SMILES string of the molecule is CC(C1CCOCC1)n1c(CCl)nc2ccc(Br)cc21. The second-order valence-electron chi connectivity index (χ2n) is 5.36. The number of hydrogen-bond donors (Lipinski definition) is 0. The third-order valence-electron chi connectivity index (χ3n) is 4.20. The minimum Gasteiger partial charge on any atom is -0.381 e. The molecule has 1 aromatic heterocycles. The van der Waals surface area contributed by atoms with Gasteiger partial charge in [0.1, 0.15) is 5.82 Å². The quantitative estimate of drug-likeness (QED) is 0.755. The van der Waals surface area contributed by atoms with Gasteiger partial charge >= 0.3 is 0 Å². The van der Waals surface area contributed by atoms with Crippen molar-refractivity contribution in [3.63, 3.8) is 0 Å². The highest BCUT2D eigenvalue weighted by molar-refractivity contribution is 9.10. The zero-order valence-corrected chi connectivity index (χ0v) is 13.8. The Kier molecular flexibility index (Phi) is 4.34. The summed E-state index contributed by atoms with van der Waals surface area (Å²) in [5.41, 5.74) is 2.18. The van der Waals surface area contributed by atoms with E-state index in [2.05, 4.69) is 38.5 Å². The molecule has 3 nitrogen and oxygen atoms in total. The van der Waals surface area contributed by atoms with Crippen LogP contribution in [0.5, 0.6) is 0 Å². The van der Waals surface area contributed by atoms with E-state index in [1.165, 1.54) is 0 Å². The van der Waals surface area contributed by atoms with E-state index in [0.717, 1.165) is 47.4 Å². The van der Waals surface area contributed by atoms with Crippen molar-refractivity contribution in [2.24, 2.45) is 5.92 Å². The summed E-state index contributed by atoms with van der Waals surface area (Å²) in [4.78, 5) is 4.67. The molecule has 0 bridgehead atoms. The lowest BCUT2D eigenvalue weighted by Crippen LogP contribution is -2.25. The van der Waals surface area contributed by atoms with Gasteiger partial charge in [0.15, 0.2) is 0 Å². The Morgan fingerprint density at radius 1 is 1.45 bits per heavy atom. The summed E-state index contributed by atoms with van der Waals surface area (Å²) >= 11 is 9.66. The Morgan fingerprint density at radius 2 is 2.20 bits per heavy atom. The van der Waals surface area contributed by atoms with E-state index in [4.69, 9.17) is 16.3 Å². The number of hydrogen-bond acceptors (Lipinski definition) is 2. The Labute approximate surface area is 132 Å². The fourth-order valence-electron chi connectivity index (χ4n) is 3.07. The average molecular weight is 358 g/mol. The number of rotatable bonds is 3. The van der Waals surface area contributed by atoms with Gasteiger partial charge in [0.05, 0.1) is 16.9 Å². The topological polar surface area (TPSA) is 27.1 Å². The summed E-state index contributed by atoms with van der Waals surface area (Å²) < 4.78 is 8.86. The number of alkyl halides is 1. The largest absolute Gasteiger partial charge is 0.381 e. The van der Waals surface area contributed by atoms with Gasteiger partial charge in [-0.2, -0.15) is 0 Å². The molecule has 2 heterocycles. The number of fused-ring (bicyclic) bond motifs is 1. The average Bonchev–Trinajstić information content (AvgIpc) is 2.85. The number of imidazole rings is 1. The number of halogens is 2. The van der Waals surface area contributed by atoms with Gasteiger partial charge in [-0.15, -0.1) is 11.6 Å². The minimum atomic E-state index is 0.395. The van der Waals surface area contributed by atoms with E-state index in [-0.39, 0.29) is 0 Å². The van der Waals surface area contributed by atoms with Crippen molar-refractivity contribution in [1.29, 1.82) is 0 Å². The molecule has 1 aromatic carbocycles. The van der Waals surface area contributed by atoms with Gasteiger partial charge < -0.3 is 9.30 Å². The molecule has 108 valence electrons. The van der Waals surface area contributed by atoms with Crippen LogP contribution in [0.4, 0.5) is 0 Å². The van der Waals surface area contributed by atoms with E-state index in [0.29, 0.717) is 17.8 Å². The van der Waals surface area contributed by atoms with Gasteiger partial charge in [-0.1, -0.05) is 15.9 Å². The lowest BCUT2D eigenvalue weighted by Gasteiger charge is -2.30. The summed E-state index contributed by atoms with van der Waals surface area (Å²) in [6.45, 7) is 4.00. The predicted octanol–water partition coefficient (Wildman–Crippen LogP) is 4.53. The monoisotopic (exact) mass is 356 g/mol. The van der Waals surface area contributed by atoms with Crippen molar-refractivity contribution >= 4 is 38.6 Å². The summed E-state index contributed by atoms with van der Waals surface area (Å²) in [5.74, 6) is 2.03. The van der Waals surface area contributed by atoms with E-state index >= 15 is 0 Å². The van der Waals surface area contributed by atoms with E-state index in [1.807, 2.05) is 12.1 Å². The third-order valence-corrected chi connectivity index (χ3v) is 4.93. The molecule has 0 N–H and O–H groups in total. The fraction of sp³-hybridized carbons (Fsp3) is 0.533. The van der Waals surface area contributed by atoms with Gasteiger partial charge in [-0.25, -0.2) is 4.98 Å². The molecule has 1 aliphatic heterocycles. The lowest BCUT2D eigenvalue weighted by molar-refractivity contribution is 0.0516. The molecule has 20 heavy (non-hydrogen) atoms. The second-order valence-corrected chi connectivity index (χ2v) is 6.54. The van der Waals surface area contributed by atoms with Gasteiger partial charge in [-0.3, -0.25) is 0 Å². The summed E-state index contributed by atoms with van der Waals surface area (Å²) in [6, 6.07) is 6.60. The van der Waals surface area contributed by atoms with Crippen LogP contribution in [0.3, 0.4) is 0 Å². The van der Waals surface area contributed by atoms with Gasteiger partial charge in [-0.05, 0) is 43.9 Å². The van der Waals surface area contributed by atoms with Crippen LogP contribution >= 0.6 is 27.5 Å². The summed E-state index contributed by atoms with van der Waals surface area (Å²) in [6.07, 6.45) is 2.22. The first-order chi connectivity index (χ1) is 9.70. The molecule has 0 saturated carbocycles. The van der Waals surface area contributed by atoms with E-state index < -0.39 is 0 Å². The molecule has 1 aliphatic rings. The maximum Gasteiger partial charge on any atom is 0.125 e. The van der Waals surface area contributed by atoms with E-state index in [1.54, 1.807) is 0 Å². The summed E-state index contributed by atoms with van der Waals surface area (Å²) in [5, 5.41) is 0. The third kappa shape index (κ3) is 2.61. The molecule has 0 aliphatic carbocycles. The molecule has 1 atom stereocenters. The first-order valence-electron chi connectivity index (χ1n) is 7.00. The van der Waals surface area contributed by atoms with Gasteiger partial charge in [0, 0.05) is 23.7 Å². The Balaban J connectivity index is 2.05. The minimum absolute atomic E-state index is 0.395. The van der Waals surface area contributed by atoms with Crippen LogP contribution in [-0.2, 0) is 10.6 Å². The lowest BCUT2D eigenvalue weighted by atomic mass is 9.92. The van der Waals surface area contributed by atoms with Crippen LogP contribution in [0.15, 0.2) is 22.7 Å². The molecule has 0 spiro atoms. The number of nitrogens with zero attached hydrogens (tertiary/aromatic N) is 2. The maximum absolute atomic E-state index is 6.11. The van der Waals surface area contributed by atoms with Crippen LogP contribution < -0.4 is 0 Å². The van der Waals surface area contributed by atoms with Crippen molar-refractivity contribution in [3.8, 4) is 0 Å². The first-order valence-corrected chi connectivity index (χ1v) is 8.33. The Hall–Kier alpha value is -0.580. The number of aromatic nitrogens is 2. The van der Waals surface area contributed by atoms with Crippen molar-refractivity contribution in [2.75, 3.05) is 13.2 Å². The smallest absolute Gasteiger partial charge is 0.125 e. The molecule has 1 unspecified atom stereocenters. The normalized spacial score (nSPS) is 18.6. The number of benzene rings is 1. The maximum atomic E-state index is 6.11. The van der Waals surface area contributed by atoms with Crippen LogP contribution in [0, 0.1) is 5.92 Å². The molecule has 1 saturated heterocycles. The van der Waals surface area contributed by atoms with Gasteiger partial charge in [0.25, 0.3) is 0 Å². The van der Waals surface area contributed by atoms with Crippen molar-refractivity contribution < 1.29 is 4.74 Å². The molecular formula is C15H18BrClN2O. The van der Waals surface area contributed by atoms with E-state index in [9.17, 15) is 0 Å². The zero-order chi connectivity index (χ0) is 14.1. The molecule has 5 heteroatoms. The molecule has 0 radical (unpaired) electrons. The van der Waals surface area contributed by atoms with Crippen molar-refractivity contribution in [3.05, 3.63) is 28.5 Å². The molecule has 2 aromatic rings. The first kappa shape index (κ1) is 14.4. The molecule has 1 fully saturated rings. The highest BCUT2D eigenvalue weighted by atomic mass is 79.9. The highest BCUT2D eigenvalue weighted by Crippen LogP contribution is 2.33. The second kappa shape index (κ2) is 6.04. The molecule has 0 amide bonds. The zero-order valence-electron chi connectivity index (χ0n) is 11.5. The van der Waals surface area contributed by atoms with Crippen LogP contribution in [0.25, 0.3) is 11.0 Å². The van der Waals surface area contributed by atoms with Crippen LogP contribution in [-0.4, -0.2) is 22.8 Å². The summed E-state index contributed by atoms with van der Waals surface area (Å²) in [7, 11) is 0. The number of ether oxygens (including phenoxy) is 1. The molecule has 3 rings (SSSR count). The van der Waals surface area contributed by atoms with Gasteiger partial charge in [0.2, 0.25) is 0 Å². The fourth-order valence-corrected chi connectivity index (χ4v) is 3.61. The Bertz CT molecular complexity index is 607. The standard InChI is InChI=1S/C15H18BrClN2O/c1-10(11-4-6-20-7-5-11)19-14-8-12(16)2-3-13(14)18-15(19)9-17/h2-3,8,10-11H,4-7,9H2,1H3. The van der Waals surface area contributed by atoms with Crippen LogP contribution in [0.1, 0.15) is 31.6 Å².